The lowest BCUT2D eigenvalue weighted by Gasteiger charge is -2.38. The smallest absolute Gasteiger partial charge is 0.312 e. The topological polar surface area (TPSA) is 125 Å². The summed E-state index contributed by atoms with van der Waals surface area (Å²) < 4.78 is 12.0. The molecule has 3 rings (SSSR count). The number of fused-ring (bicyclic) bond motifs is 1. The van der Waals surface area contributed by atoms with E-state index in [2.05, 4.69) is 18.5 Å². The molecule has 3 saturated heterocycles. The van der Waals surface area contributed by atoms with Gasteiger partial charge in [0.1, 0.15) is 17.7 Å². The predicted octanol–water partition coefficient (Wildman–Crippen LogP) is 1.18. The second-order valence-corrected chi connectivity index (χ2v) is 10.4. The zero-order valence-corrected chi connectivity index (χ0v) is 22.2. The Kier molecular flexibility index (Phi) is 9.52. The maximum absolute atomic E-state index is 13.9. The Hall–Kier alpha value is -2.72. The largest absolute Gasteiger partial charge is 0.460 e. The van der Waals surface area contributed by atoms with E-state index in [9.17, 15) is 24.3 Å². The van der Waals surface area contributed by atoms with E-state index in [0.29, 0.717) is 38.6 Å². The number of rotatable bonds is 14. The van der Waals surface area contributed by atoms with Crippen LogP contribution in [0.3, 0.4) is 0 Å². The molecule has 206 valence electrons. The molecule has 6 atom stereocenters. The Bertz CT molecular complexity index is 906. The molecule has 3 aliphatic heterocycles. The highest BCUT2D eigenvalue weighted by atomic mass is 16.6. The third-order valence-corrected chi connectivity index (χ3v) is 7.58. The minimum Gasteiger partial charge on any atom is -0.460 e. The van der Waals surface area contributed by atoms with E-state index in [1.165, 1.54) is 4.90 Å². The van der Waals surface area contributed by atoms with Gasteiger partial charge in [-0.15, -0.1) is 13.2 Å². The van der Waals surface area contributed by atoms with Crippen LogP contribution in [0.25, 0.3) is 0 Å². The average molecular weight is 520 g/mol. The number of aliphatic hydroxyl groups excluding tert-OH is 1. The van der Waals surface area contributed by atoms with Crippen molar-refractivity contribution in [2.75, 3.05) is 26.2 Å². The van der Waals surface area contributed by atoms with Crippen molar-refractivity contribution in [3.05, 3.63) is 25.3 Å². The summed E-state index contributed by atoms with van der Waals surface area (Å²) in [6, 6.07) is -1.01. The van der Waals surface area contributed by atoms with Crippen molar-refractivity contribution in [2.24, 2.45) is 11.8 Å². The number of esters is 1. The molecule has 1 spiro atoms. The molecule has 10 heteroatoms. The molecule has 37 heavy (non-hydrogen) atoms. The lowest BCUT2D eigenvalue weighted by molar-refractivity contribution is -0.159. The molecule has 3 aliphatic rings. The van der Waals surface area contributed by atoms with Crippen molar-refractivity contribution >= 4 is 23.7 Å². The van der Waals surface area contributed by atoms with Crippen LogP contribution in [0.4, 0.5) is 0 Å². The highest BCUT2D eigenvalue weighted by Crippen LogP contribution is 2.58. The molecule has 0 unspecified atom stereocenters. The molecule has 3 amide bonds. The van der Waals surface area contributed by atoms with Crippen LogP contribution in [0.1, 0.15) is 52.9 Å². The normalized spacial score (nSPS) is 28.7. The van der Waals surface area contributed by atoms with Crippen molar-refractivity contribution in [1.29, 1.82) is 0 Å². The molecule has 0 aromatic heterocycles. The average Bonchev–Trinajstić information content (AvgIpc) is 3.50. The van der Waals surface area contributed by atoms with E-state index < -0.39 is 41.7 Å². The van der Waals surface area contributed by atoms with Gasteiger partial charge in [-0.2, -0.15) is 0 Å². The number of amides is 3. The molecule has 3 fully saturated rings. The van der Waals surface area contributed by atoms with E-state index in [1.807, 2.05) is 13.8 Å². The Morgan fingerprint density at radius 1 is 1.30 bits per heavy atom. The van der Waals surface area contributed by atoms with Crippen LogP contribution in [0.5, 0.6) is 0 Å². The third-order valence-electron chi connectivity index (χ3n) is 7.58. The van der Waals surface area contributed by atoms with Gasteiger partial charge in [0, 0.05) is 32.2 Å². The van der Waals surface area contributed by atoms with Gasteiger partial charge >= 0.3 is 5.97 Å². The molecule has 2 N–H and O–H groups in total. The van der Waals surface area contributed by atoms with Crippen LogP contribution in [0, 0.1) is 11.8 Å². The second-order valence-electron chi connectivity index (χ2n) is 10.4. The van der Waals surface area contributed by atoms with Crippen molar-refractivity contribution in [3.63, 3.8) is 0 Å². The number of allylic oxidation sites excluding steroid dienone is 1. The van der Waals surface area contributed by atoms with Gasteiger partial charge in [0.2, 0.25) is 17.7 Å². The quantitative estimate of drug-likeness (QED) is 0.261. The summed E-state index contributed by atoms with van der Waals surface area (Å²) in [4.78, 5) is 56.0. The fourth-order valence-electron chi connectivity index (χ4n) is 5.93. The highest BCUT2D eigenvalue weighted by molar-refractivity contribution is 5.98. The van der Waals surface area contributed by atoms with Crippen molar-refractivity contribution in [2.45, 2.75) is 82.8 Å². The fourth-order valence-corrected chi connectivity index (χ4v) is 5.93. The first-order valence-electron chi connectivity index (χ1n) is 13.2. The van der Waals surface area contributed by atoms with Crippen LogP contribution in [0.2, 0.25) is 0 Å². The van der Waals surface area contributed by atoms with Gasteiger partial charge in [0.05, 0.1) is 24.5 Å². The number of nitrogens with zero attached hydrogens (tertiary/aromatic N) is 2. The van der Waals surface area contributed by atoms with Gasteiger partial charge < -0.3 is 29.7 Å². The van der Waals surface area contributed by atoms with E-state index in [1.54, 1.807) is 24.0 Å². The van der Waals surface area contributed by atoms with Crippen LogP contribution in [-0.2, 0) is 28.7 Å². The number of nitrogens with one attached hydrogen (secondary N) is 1. The molecule has 0 saturated carbocycles. The van der Waals surface area contributed by atoms with Gasteiger partial charge in [-0.05, 0) is 46.5 Å². The maximum Gasteiger partial charge on any atom is 0.312 e. The number of hydrogen-bond acceptors (Lipinski definition) is 7. The van der Waals surface area contributed by atoms with Gasteiger partial charge in [-0.1, -0.05) is 12.2 Å². The first kappa shape index (κ1) is 28.8. The molecular weight excluding hydrogens is 478 g/mol. The summed E-state index contributed by atoms with van der Waals surface area (Å²) in [5.41, 5.74) is -1.12. The van der Waals surface area contributed by atoms with Crippen molar-refractivity contribution < 1.29 is 33.8 Å². The minimum atomic E-state index is -1.12. The number of carbonyl (C=O) groups is 4. The molecule has 0 aliphatic carbocycles. The molecule has 0 aromatic carbocycles. The van der Waals surface area contributed by atoms with Crippen LogP contribution < -0.4 is 5.32 Å². The molecule has 0 aromatic rings. The lowest BCUT2D eigenvalue weighted by atomic mass is 9.70. The third kappa shape index (κ3) is 5.60. The second kappa shape index (κ2) is 12.2. The molecule has 0 radical (unpaired) electrons. The first-order valence-corrected chi connectivity index (χ1v) is 13.2. The number of likely N-dealkylation sites (tertiary alicyclic amines) is 1. The zero-order chi connectivity index (χ0) is 27.3. The SMILES string of the molecule is C=CCCC(=O)NC[C@H](C)OC(=O)[C@@H]1[C@H]2C(=O)N(CCCO)[C@H](C(=O)N(CC=C)C(C)C)[C@]23CC[C@H]1O3. The summed E-state index contributed by atoms with van der Waals surface area (Å²) in [7, 11) is 0. The van der Waals surface area contributed by atoms with E-state index in [-0.39, 0.29) is 43.5 Å². The standard InChI is InChI=1S/C27H41N3O7/c1-6-8-10-20(32)28-16-18(5)36-26(35)21-19-11-12-27(37-19)22(21)24(33)30(14-9-15-31)23(27)25(34)29(13-7-2)17(3)4/h6-7,17-19,21-23,31H,1-2,8-16H2,3-5H3,(H,28,32)/t18-,19+,21-,22-,23+,27-/m0/s1. The number of carbonyl (C=O) groups excluding carboxylic acids is 4. The molecule has 3 heterocycles. The van der Waals surface area contributed by atoms with Crippen LogP contribution >= 0.6 is 0 Å². The van der Waals surface area contributed by atoms with Crippen LogP contribution in [0.15, 0.2) is 25.3 Å². The predicted molar refractivity (Wildman–Crippen MR) is 136 cm³/mol. The van der Waals surface area contributed by atoms with Crippen molar-refractivity contribution in [3.8, 4) is 0 Å². The minimum absolute atomic E-state index is 0.127. The molecule has 10 nitrogen and oxygen atoms in total. The van der Waals surface area contributed by atoms with Gasteiger partial charge in [0.25, 0.3) is 0 Å². The Morgan fingerprint density at radius 3 is 2.65 bits per heavy atom. The number of ether oxygens (including phenoxy) is 2. The Morgan fingerprint density at radius 2 is 2.03 bits per heavy atom. The van der Waals surface area contributed by atoms with Crippen LogP contribution in [-0.4, -0.2) is 94.7 Å². The monoisotopic (exact) mass is 519 g/mol. The van der Waals surface area contributed by atoms with Gasteiger partial charge in [-0.3, -0.25) is 19.2 Å². The Labute approximate surface area is 219 Å². The number of aliphatic hydroxyl groups is 1. The summed E-state index contributed by atoms with van der Waals surface area (Å²) in [5, 5.41) is 12.2. The van der Waals surface area contributed by atoms with E-state index in [4.69, 9.17) is 9.47 Å². The van der Waals surface area contributed by atoms with Crippen molar-refractivity contribution in [1.82, 2.24) is 15.1 Å². The molecular formula is C27H41N3O7. The fraction of sp³-hybridized carbons (Fsp3) is 0.704. The summed E-state index contributed by atoms with van der Waals surface area (Å²) in [5.74, 6) is -2.94. The van der Waals surface area contributed by atoms with E-state index in [0.717, 1.165) is 0 Å². The van der Waals surface area contributed by atoms with Gasteiger partial charge in [-0.25, -0.2) is 0 Å². The van der Waals surface area contributed by atoms with E-state index >= 15 is 0 Å². The molecule has 2 bridgehead atoms. The zero-order valence-electron chi connectivity index (χ0n) is 22.2. The lowest BCUT2D eigenvalue weighted by Crippen LogP contribution is -2.57. The summed E-state index contributed by atoms with van der Waals surface area (Å²) >= 11 is 0. The first-order chi connectivity index (χ1) is 17.6. The highest BCUT2D eigenvalue weighted by Gasteiger charge is 2.75. The number of hydrogen-bond donors (Lipinski definition) is 2. The van der Waals surface area contributed by atoms with Gasteiger partial charge in [0.15, 0.2) is 0 Å². The summed E-state index contributed by atoms with van der Waals surface area (Å²) in [6.45, 7) is 13.4. The maximum atomic E-state index is 13.9. The Balaban J connectivity index is 1.82. The summed E-state index contributed by atoms with van der Waals surface area (Å²) in [6.07, 6.45) is 4.38.